The Morgan fingerprint density at radius 2 is 2.16 bits per heavy atom. The number of aromatic amines is 1. The van der Waals surface area contributed by atoms with Crippen LogP contribution in [0, 0.1) is 13.8 Å². The minimum absolute atomic E-state index is 0.00909. The zero-order valence-corrected chi connectivity index (χ0v) is 15.4. The number of aromatic nitrogens is 3. The second kappa shape index (κ2) is 6.84. The number of aryl methyl sites for hydroxylation is 2. The number of ether oxygens (including phenoxy) is 1. The van der Waals surface area contributed by atoms with Gasteiger partial charge in [-0.3, -0.25) is 4.79 Å². The Kier molecular flexibility index (Phi) is 4.76. The van der Waals surface area contributed by atoms with Gasteiger partial charge in [0.15, 0.2) is 0 Å². The molecule has 1 fully saturated rings. The van der Waals surface area contributed by atoms with Gasteiger partial charge in [0.2, 0.25) is 0 Å². The molecule has 7 nitrogen and oxygen atoms in total. The van der Waals surface area contributed by atoms with E-state index in [-0.39, 0.29) is 18.1 Å². The van der Waals surface area contributed by atoms with E-state index in [1.807, 2.05) is 43.8 Å². The van der Waals surface area contributed by atoms with E-state index in [4.69, 9.17) is 4.74 Å². The highest BCUT2D eigenvalue weighted by Gasteiger charge is 2.38. The molecular formula is C18H25N5O2. The van der Waals surface area contributed by atoms with E-state index in [0.717, 1.165) is 29.5 Å². The maximum atomic E-state index is 13.1. The largest absolute Gasteiger partial charge is 0.380 e. The van der Waals surface area contributed by atoms with Crippen molar-refractivity contribution in [1.29, 1.82) is 0 Å². The van der Waals surface area contributed by atoms with Crippen LogP contribution >= 0.6 is 0 Å². The van der Waals surface area contributed by atoms with Crippen molar-refractivity contribution in [2.75, 3.05) is 32.6 Å². The van der Waals surface area contributed by atoms with Gasteiger partial charge in [0.25, 0.3) is 5.91 Å². The zero-order chi connectivity index (χ0) is 18.1. The highest BCUT2D eigenvalue weighted by atomic mass is 16.5. The number of likely N-dealkylation sites (tertiary alicyclic amines) is 1. The fourth-order valence-electron chi connectivity index (χ4n) is 3.15. The highest BCUT2D eigenvalue weighted by Crippen LogP contribution is 2.33. The van der Waals surface area contributed by atoms with Crippen LogP contribution < -0.4 is 4.90 Å². The van der Waals surface area contributed by atoms with Gasteiger partial charge in [-0.15, -0.1) is 0 Å². The van der Waals surface area contributed by atoms with Crippen molar-refractivity contribution in [3.63, 3.8) is 0 Å². The number of nitrogens with zero attached hydrogens (tertiary/aromatic N) is 4. The first-order valence-corrected chi connectivity index (χ1v) is 8.41. The zero-order valence-electron chi connectivity index (χ0n) is 15.4. The van der Waals surface area contributed by atoms with Gasteiger partial charge in [-0.25, -0.2) is 9.97 Å². The van der Waals surface area contributed by atoms with E-state index in [1.54, 1.807) is 19.4 Å². The second-order valence-corrected chi connectivity index (χ2v) is 6.70. The lowest BCUT2D eigenvalue weighted by Gasteiger charge is -2.23. The second-order valence-electron chi connectivity index (χ2n) is 6.70. The number of nitrogens with one attached hydrogen (secondary N) is 1. The Morgan fingerprint density at radius 1 is 1.40 bits per heavy atom. The molecule has 1 saturated heterocycles. The number of anilines is 1. The summed E-state index contributed by atoms with van der Waals surface area (Å²) in [6, 6.07) is 3.46. The molecule has 0 aromatic carbocycles. The van der Waals surface area contributed by atoms with Gasteiger partial charge in [0, 0.05) is 51.6 Å². The van der Waals surface area contributed by atoms with E-state index in [1.165, 1.54) is 0 Å². The third-order valence-corrected chi connectivity index (χ3v) is 4.77. The number of amides is 1. The van der Waals surface area contributed by atoms with E-state index in [2.05, 4.69) is 15.0 Å². The Labute approximate surface area is 148 Å². The summed E-state index contributed by atoms with van der Waals surface area (Å²) >= 11 is 0. The number of methoxy groups -OCH3 is 1. The monoisotopic (exact) mass is 343 g/mol. The molecule has 134 valence electrons. The number of hydrogen-bond acceptors (Lipinski definition) is 5. The van der Waals surface area contributed by atoms with Crippen LogP contribution in [-0.2, 0) is 4.74 Å². The fourth-order valence-corrected chi connectivity index (χ4v) is 3.15. The van der Waals surface area contributed by atoms with Crippen molar-refractivity contribution < 1.29 is 9.53 Å². The molecule has 0 spiro atoms. The molecule has 3 heterocycles. The lowest BCUT2D eigenvalue weighted by Crippen LogP contribution is -2.32. The van der Waals surface area contributed by atoms with Crippen LogP contribution in [0.1, 0.15) is 40.0 Å². The molecule has 25 heavy (non-hydrogen) atoms. The maximum Gasteiger partial charge on any atom is 0.254 e. The van der Waals surface area contributed by atoms with E-state index in [9.17, 15) is 4.79 Å². The molecular weight excluding hydrogens is 318 g/mol. The lowest BCUT2D eigenvalue weighted by molar-refractivity contribution is 0.0684. The van der Waals surface area contributed by atoms with Crippen LogP contribution in [0.4, 0.5) is 5.82 Å². The smallest absolute Gasteiger partial charge is 0.254 e. The normalized spacial score (nSPS) is 20.1. The molecule has 2 atom stereocenters. The standard InChI is InChI=1S/C18H25N5O2/c1-11-12(2)21-17(20-11)15-9-14(25-5)10-23(15)18(24)13-6-7-19-16(8-13)22(3)4/h6-8,14-15H,9-10H2,1-5H3,(H,20,21)/t14-,15+/m1/s1. The predicted octanol–water partition coefficient (Wildman–Crippen LogP) is 2.09. The fraction of sp³-hybridized carbons (Fsp3) is 0.500. The van der Waals surface area contributed by atoms with Crippen molar-refractivity contribution in [3.05, 3.63) is 41.1 Å². The average molecular weight is 343 g/mol. The Hall–Kier alpha value is -2.41. The molecule has 7 heteroatoms. The average Bonchev–Trinajstić information content (AvgIpc) is 3.18. The minimum atomic E-state index is -0.110. The van der Waals surface area contributed by atoms with Crippen molar-refractivity contribution in [2.45, 2.75) is 32.4 Å². The van der Waals surface area contributed by atoms with Crippen molar-refractivity contribution in [3.8, 4) is 0 Å². The van der Waals surface area contributed by atoms with Crippen molar-refractivity contribution >= 4 is 11.7 Å². The summed E-state index contributed by atoms with van der Waals surface area (Å²) in [7, 11) is 5.50. The Balaban J connectivity index is 1.92. The Bertz CT molecular complexity index is 751. The molecule has 2 aromatic rings. The van der Waals surface area contributed by atoms with Gasteiger partial charge in [0.1, 0.15) is 11.6 Å². The van der Waals surface area contributed by atoms with E-state index in [0.29, 0.717) is 12.1 Å². The quantitative estimate of drug-likeness (QED) is 0.920. The van der Waals surface area contributed by atoms with Gasteiger partial charge in [-0.2, -0.15) is 0 Å². The summed E-state index contributed by atoms with van der Waals surface area (Å²) < 4.78 is 5.52. The Morgan fingerprint density at radius 3 is 2.76 bits per heavy atom. The van der Waals surface area contributed by atoms with E-state index >= 15 is 0 Å². The molecule has 0 bridgehead atoms. The summed E-state index contributed by atoms with van der Waals surface area (Å²) in [6.45, 7) is 4.52. The topological polar surface area (TPSA) is 74.3 Å². The summed E-state index contributed by atoms with van der Waals surface area (Å²) in [5, 5.41) is 0. The summed E-state index contributed by atoms with van der Waals surface area (Å²) in [4.78, 5) is 29.1. The number of H-pyrrole nitrogens is 1. The maximum absolute atomic E-state index is 13.1. The van der Waals surface area contributed by atoms with Gasteiger partial charge in [-0.1, -0.05) is 0 Å². The first-order valence-electron chi connectivity index (χ1n) is 8.41. The van der Waals surface area contributed by atoms with Crippen LogP contribution in [0.15, 0.2) is 18.3 Å². The van der Waals surface area contributed by atoms with Crippen molar-refractivity contribution in [2.24, 2.45) is 0 Å². The first kappa shape index (κ1) is 17.4. The molecule has 0 saturated carbocycles. The highest BCUT2D eigenvalue weighted by molar-refractivity contribution is 5.95. The third-order valence-electron chi connectivity index (χ3n) is 4.77. The SMILES string of the molecule is CO[C@@H]1C[C@@H](c2nc(C)c(C)[nH]2)N(C(=O)c2ccnc(N(C)C)c2)C1. The molecule has 2 aromatic heterocycles. The number of rotatable bonds is 4. The van der Waals surface area contributed by atoms with Crippen LogP contribution in [0.2, 0.25) is 0 Å². The number of carbonyl (C=O) groups is 1. The number of pyridine rings is 1. The van der Waals surface area contributed by atoms with Crippen LogP contribution in [0.5, 0.6) is 0 Å². The van der Waals surface area contributed by atoms with Gasteiger partial charge >= 0.3 is 0 Å². The molecule has 0 radical (unpaired) electrons. The van der Waals surface area contributed by atoms with Gasteiger partial charge < -0.3 is 19.5 Å². The molecule has 0 aliphatic carbocycles. The van der Waals surface area contributed by atoms with Gasteiger partial charge in [0.05, 0.1) is 17.8 Å². The van der Waals surface area contributed by atoms with E-state index < -0.39 is 0 Å². The molecule has 0 unspecified atom stereocenters. The number of imidazole rings is 1. The number of carbonyl (C=O) groups excluding carboxylic acids is 1. The van der Waals surface area contributed by atoms with Gasteiger partial charge in [-0.05, 0) is 26.0 Å². The summed E-state index contributed by atoms with van der Waals surface area (Å²) in [6.07, 6.45) is 2.41. The molecule has 1 aliphatic rings. The molecule has 1 N–H and O–H groups in total. The minimum Gasteiger partial charge on any atom is -0.380 e. The van der Waals surface area contributed by atoms with Crippen LogP contribution in [0.3, 0.4) is 0 Å². The first-order chi connectivity index (χ1) is 11.9. The number of hydrogen-bond donors (Lipinski definition) is 1. The molecule has 1 aliphatic heterocycles. The third kappa shape index (κ3) is 3.37. The van der Waals surface area contributed by atoms with Crippen LogP contribution in [0.25, 0.3) is 0 Å². The van der Waals surface area contributed by atoms with Crippen molar-refractivity contribution in [1.82, 2.24) is 19.9 Å². The van der Waals surface area contributed by atoms with Crippen LogP contribution in [-0.4, -0.2) is 59.6 Å². The summed E-state index contributed by atoms with van der Waals surface area (Å²) in [5.74, 6) is 1.56. The summed E-state index contributed by atoms with van der Waals surface area (Å²) in [5.41, 5.74) is 2.62. The molecule has 3 rings (SSSR count). The predicted molar refractivity (Wildman–Crippen MR) is 95.8 cm³/mol. The molecule has 1 amide bonds. The lowest BCUT2D eigenvalue weighted by atomic mass is 10.1.